The molecule has 1 fully saturated rings. The molecule has 1 aromatic carbocycles. The van der Waals surface area contributed by atoms with Gasteiger partial charge in [0.15, 0.2) is 5.96 Å². The lowest BCUT2D eigenvalue weighted by Crippen LogP contribution is -2.45. The lowest BCUT2D eigenvalue weighted by Gasteiger charge is -2.32. The van der Waals surface area contributed by atoms with Gasteiger partial charge in [-0.05, 0) is 25.0 Å². The summed E-state index contributed by atoms with van der Waals surface area (Å²) < 4.78 is 35.8. The summed E-state index contributed by atoms with van der Waals surface area (Å²) in [7, 11) is -0.0981. The van der Waals surface area contributed by atoms with E-state index in [-0.39, 0.29) is 36.0 Å². The van der Waals surface area contributed by atoms with Gasteiger partial charge in [0, 0.05) is 18.7 Å². The molecule has 148 valence electrons. The summed E-state index contributed by atoms with van der Waals surface area (Å²) in [6.07, 6.45) is 3.88. The Bertz CT molecular complexity index is 727. The van der Waals surface area contributed by atoms with Crippen LogP contribution in [0.2, 0.25) is 0 Å². The maximum atomic E-state index is 11.9. The predicted octanol–water partition coefficient (Wildman–Crippen LogP) is 1.86. The number of guanidine groups is 1. The molecule has 0 aliphatic carbocycles. The average molecular weight is 498 g/mol. The molecular formula is C16H27IN4O4S. The van der Waals surface area contributed by atoms with Crippen molar-refractivity contribution >= 4 is 45.6 Å². The SMILES string of the molecule is COc1ccc(OC)c(NC(N)=NCC2CCCCN2S(C)(=O)=O)c1.I. The third kappa shape index (κ3) is 6.16. The average Bonchev–Trinajstić information content (AvgIpc) is 2.59. The molecule has 0 amide bonds. The number of anilines is 1. The summed E-state index contributed by atoms with van der Waals surface area (Å²) in [5, 5.41) is 2.98. The van der Waals surface area contributed by atoms with Gasteiger partial charge in [0.05, 0.1) is 32.7 Å². The predicted molar refractivity (Wildman–Crippen MR) is 114 cm³/mol. The number of nitrogens with two attached hydrogens (primary N) is 1. The van der Waals surface area contributed by atoms with Gasteiger partial charge < -0.3 is 20.5 Å². The van der Waals surface area contributed by atoms with Crippen LogP contribution in [-0.4, -0.2) is 58.3 Å². The van der Waals surface area contributed by atoms with Crippen LogP contribution in [0.25, 0.3) is 0 Å². The molecule has 2 rings (SSSR count). The van der Waals surface area contributed by atoms with Crippen LogP contribution in [0.3, 0.4) is 0 Å². The Labute approximate surface area is 172 Å². The normalized spacial score (nSPS) is 18.7. The second-order valence-electron chi connectivity index (χ2n) is 5.94. The van der Waals surface area contributed by atoms with E-state index in [1.54, 1.807) is 32.4 Å². The smallest absolute Gasteiger partial charge is 0.211 e. The molecule has 8 nitrogen and oxygen atoms in total. The second-order valence-corrected chi connectivity index (χ2v) is 7.88. The number of nitrogens with zero attached hydrogens (tertiary/aromatic N) is 2. The number of nitrogens with one attached hydrogen (secondary N) is 1. The molecular weight excluding hydrogens is 471 g/mol. The largest absolute Gasteiger partial charge is 0.497 e. The Hall–Kier alpha value is -1.27. The van der Waals surface area contributed by atoms with Gasteiger partial charge >= 0.3 is 0 Å². The van der Waals surface area contributed by atoms with Crippen LogP contribution in [0.5, 0.6) is 11.5 Å². The summed E-state index contributed by atoms with van der Waals surface area (Å²) >= 11 is 0. The molecule has 10 heteroatoms. The summed E-state index contributed by atoms with van der Waals surface area (Å²) in [4.78, 5) is 4.32. The second kappa shape index (κ2) is 10.2. The van der Waals surface area contributed by atoms with Crippen molar-refractivity contribution in [2.45, 2.75) is 25.3 Å². The Balaban J connectivity index is 0.00000338. The van der Waals surface area contributed by atoms with Crippen LogP contribution in [0, 0.1) is 0 Å². The topological polar surface area (TPSA) is 106 Å². The van der Waals surface area contributed by atoms with Crippen molar-refractivity contribution < 1.29 is 17.9 Å². The lowest BCUT2D eigenvalue weighted by molar-refractivity contribution is 0.259. The Kier molecular flexibility index (Phi) is 8.90. The number of aliphatic imine (C=N–C) groups is 1. The molecule has 1 heterocycles. The quantitative estimate of drug-likeness (QED) is 0.353. The minimum atomic E-state index is -3.24. The van der Waals surface area contributed by atoms with Crippen LogP contribution in [-0.2, 0) is 10.0 Å². The van der Waals surface area contributed by atoms with Crippen LogP contribution in [0.1, 0.15) is 19.3 Å². The number of piperidine rings is 1. The number of hydrogen-bond acceptors (Lipinski definition) is 5. The number of methoxy groups -OCH3 is 2. The Morgan fingerprint density at radius 3 is 2.69 bits per heavy atom. The van der Waals surface area contributed by atoms with Crippen molar-refractivity contribution in [2.75, 3.05) is 38.9 Å². The van der Waals surface area contributed by atoms with Crippen LogP contribution in [0.15, 0.2) is 23.2 Å². The van der Waals surface area contributed by atoms with E-state index in [0.29, 0.717) is 30.3 Å². The zero-order valence-corrected chi connectivity index (χ0v) is 18.4. The van der Waals surface area contributed by atoms with Gasteiger partial charge in [-0.2, -0.15) is 4.31 Å². The summed E-state index contributed by atoms with van der Waals surface area (Å²) in [5.74, 6) is 1.46. The maximum absolute atomic E-state index is 11.9. The third-order valence-corrected chi connectivity index (χ3v) is 5.47. The maximum Gasteiger partial charge on any atom is 0.211 e. The summed E-state index contributed by atoms with van der Waals surface area (Å²) in [5.41, 5.74) is 6.60. The molecule has 3 N–H and O–H groups in total. The molecule has 1 aliphatic rings. The number of halogens is 1. The van der Waals surface area contributed by atoms with Crippen molar-refractivity contribution in [3.63, 3.8) is 0 Å². The van der Waals surface area contributed by atoms with Gasteiger partial charge in [0.25, 0.3) is 0 Å². The molecule has 26 heavy (non-hydrogen) atoms. The lowest BCUT2D eigenvalue weighted by atomic mass is 10.1. The first-order chi connectivity index (χ1) is 11.8. The van der Waals surface area contributed by atoms with E-state index >= 15 is 0 Å². The molecule has 0 bridgehead atoms. The highest BCUT2D eigenvalue weighted by molar-refractivity contribution is 14.0. The van der Waals surface area contributed by atoms with E-state index in [9.17, 15) is 8.42 Å². The fourth-order valence-corrected chi connectivity index (χ4v) is 4.06. The number of benzene rings is 1. The fourth-order valence-electron chi connectivity index (χ4n) is 2.89. The third-order valence-electron chi connectivity index (χ3n) is 4.14. The first kappa shape index (κ1) is 22.8. The molecule has 1 aliphatic heterocycles. The van der Waals surface area contributed by atoms with Gasteiger partial charge in [-0.15, -0.1) is 24.0 Å². The van der Waals surface area contributed by atoms with E-state index in [4.69, 9.17) is 15.2 Å². The van der Waals surface area contributed by atoms with Gasteiger partial charge in [0.1, 0.15) is 11.5 Å². The van der Waals surface area contributed by atoms with Crippen LogP contribution in [0.4, 0.5) is 5.69 Å². The number of rotatable bonds is 6. The minimum Gasteiger partial charge on any atom is -0.497 e. The number of sulfonamides is 1. The molecule has 0 spiro atoms. The van der Waals surface area contributed by atoms with Crippen molar-refractivity contribution in [1.29, 1.82) is 0 Å². The van der Waals surface area contributed by atoms with Crippen molar-refractivity contribution in [3.8, 4) is 11.5 Å². The highest BCUT2D eigenvalue weighted by atomic mass is 127. The van der Waals surface area contributed by atoms with E-state index in [0.717, 1.165) is 19.3 Å². The zero-order valence-electron chi connectivity index (χ0n) is 15.3. The minimum absolute atomic E-state index is 0. The molecule has 1 atom stereocenters. The molecule has 1 aromatic rings. The summed E-state index contributed by atoms with van der Waals surface area (Å²) in [6.45, 7) is 0.855. The fraction of sp³-hybridized carbons (Fsp3) is 0.562. The Morgan fingerprint density at radius 1 is 1.35 bits per heavy atom. The van der Waals surface area contributed by atoms with E-state index in [1.165, 1.54) is 10.6 Å². The highest BCUT2D eigenvalue weighted by Gasteiger charge is 2.29. The van der Waals surface area contributed by atoms with Crippen LogP contribution >= 0.6 is 24.0 Å². The van der Waals surface area contributed by atoms with Crippen molar-refractivity contribution in [1.82, 2.24) is 4.31 Å². The monoisotopic (exact) mass is 498 g/mol. The standard InChI is InChI=1S/C16H26N4O4S.HI/c1-23-13-7-8-15(24-2)14(10-13)19-16(17)18-11-12-6-4-5-9-20(12)25(3,21)22;/h7-8,10,12H,4-6,9,11H2,1-3H3,(H3,17,18,19);1H. The van der Waals surface area contributed by atoms with E-state index in [2.05, 4.69) is 10.3 Å². The first-order valence-corrected chi connectivity index (χ1v) is 9.95. The highest BCUT2D eigenvalue weighted by Crippen LogP contribution is 2.28. The summed E-state index contributed by atoms with van der Waals surface area (Å²) in [6, 6.07) is 5.14. The molecule has 1 unspecified atom stereocenters. The first-order valence-electron chi connectivity index (χ1n) is 8.11. The van der Waals surface area contributed by atoms with Gasteiger partial charge in [0.2, 0.25) is 10.0 Å². The van der Waals surface area contributed by atoms with Gasteiger partial charge in [-0.1, -0.05) is 6.42 Å². The van der Waals surface area contributed by atoms with Gasteiger partial charge in [-0.25, -0.2) is 8.42 Å². The number of hydrogen-bond donors (Lipinski definition) is 2. The number of ether oxygens (including phenoxy) is 2. The van der Waals surface area contributed by atoms with E-state index < -0.39 is 10.0 Å². The van der Waals surface area contributed by atoms with E-state index in [1.807, 2.05) is 0 Å². The Morgan fingerprint density at radius 2 is 2.08 bits per heavy atom. The molecule has 0 aromatic heterocycles. The zero-order chi connectivity index (χ0) is 18.4. The molecule has 1 saturated heterocycles. The molecule has 0 radical (unpaired) electrons. The van der Waals surface area contributed by atoms with Crippen molar-refractivity contribution in [3.05, 3.63) is 18.2 Å². The molecule has 0 saturated carbocycles. The van der Waals surface area contributed by atoms with Gasteiger partial charge in [-0.3, -0.25) is 4.99 Å². The van der Waals surface area contributed by atoms with Crippen molar-refractivity contribution in [2.24, 2.45) is 10.7 Å². The van der Waals surface area contributed by atoms with Crippen LogP contribution < -0.4 is 20.5 Å².